The van der Waals surface area contributed by atoms with Crippen LogP contribution in [-0.4, -0.2) is 35.8 Å². The third-order valence-corrected chi connectivity index (χ3v) is 6.55. The van der Waals surface area contributed by atoms with E-state index in [4.69, 9.17) is 14.2 Å². The molecule has 4 rings (SSSR count). The summed E-state index contributed by atoms with van der Waals surface area (Å²) in [7, 11) is 0. The van der Waals surface area contributed by atoms with E-state index in [0.29, 0.717) is 36.7 Å². The molecule has 3 aromatic carbocycles. The highest BCUT2D eigenvalue weighted by atomic mass is 32.2. The number of carbonyl (C=O) groups excluding carboxylic acids is 1. The maximum atomic E-state index is 12.8. The van der Waals surface area contributed by atoms with E-state index in [1.165, 1.54) is 22.9 Å². The van der Waals surface area contributed by atoms with E-state index in [-0.39, 0.29) is 5.97 Å². The zero-order valence-corrected chi connectivity index (χ0v) is 21.6. The van der Waals surface area contributed by atoms with Gasteiger partial charge in [-0.05, 0) is 23.6 Å². The number of hydrogen-bond donors (Lipinski definition) is 0. The lowest BCUT2D eigenvalue weighted by molar-refractivity contribution is -0.142. The fourth-order valence-electron chi connectivity index (χ4n) is 3.62. The second-order valence-electron chi connectivity index (χ2n) is 8.16. The summed E-state index contributed by atoms with van der Waals surface area (Å²) >= 11 is 1.22. The maximum absolute atomic E-state index is 12.8. The van der Waals surface area contributed by atoms with Crippen LogP contribution >= 0.6 is 11.8 Å². The number of rotatable bonds is 13. The molecular weight excluding hydrogens is 484 g/mol. The lowest BCUT2D eigenvalue weighted by atomic mass is 10.1. The van der Waals surface area contributed by atoms with Crippen LogP contribution in [0.1, 0.15) is 28.9 Å². The molecule has 0 aliphatic carbocycles. The molecule has 1 unspecified atom stereocenters. The minimum Gasteiger partial charge on any atom is -0.477 e. The van der Waals surface area contributed by atoms with Crippen LogP contribution in [0.3, 0.4) is 0 Å². The molecule has 0 aliphatic rings. The van der Waals surface area contributed by atoms with Crippen LogP contribution in [0.2, 0.25) is 0 Å². The van der Waals surface area contributed by atoms with Gasteiger partial charge in [-0.25, -0.2) is 0 Å². The molecule has 0 spiro atoms. The molecule has 0 N–H and O–H groups in total. The van der Waals surface area contributed by atoms with Crippen molar-refractivity contribution in [1.29, 1.82) is 0 Å². The first-order chi connectivity index (χ1) is 18.2. The summed E-state index contributed by atoms with van der Waals surface area (Å²) < 4.78 is 17.3. The molecule has 1 atom stereocenters. The van der Waals surface area contributed by atoms with Crippen LogP contribution in [0.4, 0.5) is 0 Å². The number of hydrogen-bond acceptors (Lipinski definition) is 7. The lowest BCUT2D eigenvalue weighted by Gasteiger charge is -2.16. The Morgan fingerprint density at radius 3 is 1.73 bits per heavy atom. The zero-order chi connectivity index (χ0) is 25.7. The van der Waals surface area contributed by atoms with E-state index in [2.05, 4.69) is 34.2 Å². The third-order valence-electron chi connectivity index (χ3n) is 5.45. The van der Waals surface area contributed by atoms with Crippen LogP contribution in [0, 0.1) is 0 Å². The first kappa shape index (κ1) is 26.2. The van der Waals surface area contributed by atoms with Crippen molar-refractivity contribution in [3.8, 4) is 11.8 Å². The molecule has 0 saturated heterocycles. The van der Waals surface area contributed by atoms with Crippen molar-refractivity contribution in [2.24, 2.45) is 0 Å². The van der Waals surface area contributed by atoms with Gasteiger partial charge in [-0.15, -0.1) is 0 Å². The van der Waals surface area contributed by atoms with Gasteiger partial charge in [0.25, 0.3) is 0 Å². The van der Waals surface area contributed by atoms with Crippen LogP contribution in [0.25, 0.3) is 0 Å². The van der Waals surface area contributed by atoms with Gasteiger partial charge in [-0.1, -0.05) is 103 Å². The minimum atomic E-state index is -0.613. The summed E-state index contributed by atoms with van der Waals surface area (Å²) in [6, 6.07) is 31.4. The van der Waals surface area contributed by atoms with Crippen molar-refractivity contribution in [3.05, 3.63) is 114 Å². The molecule has 0 saturated carbocycles. The summed E-state index contributed by atoms with van der Waals surface area (Å²) in [4.78, 5) is 22.0. The Balaban J connectivity index is 1.52. The molecule has 7 heteroatoms. The Hall–Kier alpha value is -3.84. The summed E-state index contributed by atoms with van der Waals surface area (Å²) in [6.45, 7) is 2.99. The molecule has 0 amide bonds. The predicted molar refractivity (Wildman–Crippen MR) is 145 cm³/mol. The van der Waals surface area contributed by atoms with Crippen molar-refractivity contribution in [1.82, 2.24) is 9.97 Å². The van der Waals surface area contributed by atoms with Crippen molar-refractivity contribution < 1.29 is 19.0 Å². The lowest BCUT2D eigenvalue weighted by Crippen LogP contribution is -2.14. The molecule has 1 aromatic heterocycles. The van der Waals surface area contributed by atoms with Gasteiger partial charge in [0, 0.05) is 12.8 Å². The van der Waals surface area contributed by atoms with Gasteiger partial charge in [0.1, 0.15) is 5.25 Å². The van der Waals surface area contributed by atoms with Gasteiger partial charge in [0.15, 0.2) is 5.16 Å². The Morgan fingerprint density at radius 2 is 1.24 bits per heavy atom. The molecule has 0 bridgehead atoms. The molecule has 0 fully saturated rings. The van der Waals surface area contributed by atoms with Crippen molar-refractivity contribution in [2.45, 2.75) is 30.2 Å². The Bertz CT molecular complexity index is 1180. The predicted octanol–water partition coefficient (Wildman–Crippen LogP) is 6.12. The SMILES string of the molecule is CCOC(=O)C(Sc1nc(OCCc2ccccc2)cc(OCCc2ccccc2)n1)c1ccccc1. The van der Waals surface area contributed by atoms with E-state index in [1.54, 1.807) is 13.0 Å². The number of aromatic nitrogens is 2. The van der Waals surface area contributed by atoms with E-state index < -0.39 is 5.25 Å². The normalized spacial score (nSPS) is 11.5. The van der Waals surface area contributed by atoms with Crippen molar-refractivity contribution >= 4 is 17.7 Å². The van der Waals surface area contributed by atoms with E-state index >= 15 is 0 Å². The number of carbonyl (C=O) groups is 1. The minimum absolute atomic E-state index is 0.292. The van der Waals surface area contributed by atoms with Crippen LogP contribution < -0.4 is 9.47 Å². The number of nitrogens with zero attached hydrogens (tertiary/aromatic N) is 2. The summed E-state index contributed by atoms with van der Waals surface area (Å²) in [5, 5.41) is -0.230. The van der Waals surface area contributed by atoms with Gasteiger partial charge < -0.3 is 14.2 Å². The van der Waals surface area contributed by atoms with Gasteiger partial charge in [-0.3, -0.25) is 4.79 Å². The Morgan fingerprint density at radius 1 is 0.757 bits per heavy atom. The molecule has 6 nitrogen and oxygen atoms in total. The van der Waals surface area contributed by atoms with Gasteiger partial charge in [-0.2, -0.15) is 9.97 Å². The fourth-order valence-corrected chi connectivity index (χ4v) is 4.58. The largest absolute Gasteiger partial charge is 0.477 e. The van der Waals surface area contributed by atoms with E-state index in [0.717, 1.165) is 18.4 Å². The third kappa shape index (κ3) is 8.36. The fraction of sp³-hybridized carbons (Fsp3) is 0.233. The quantitative estimate of drug-likeness (QED) is 0.121. The standard InChI is InChI=1S/C30H30N2O4S/c1-2-34-29(33)28(25-16-10-5-11-17-25)37-30-31-26(35-20-18-23-12-6-3-7-13-23)22-27(32-30)36-21-19-24-14-8-4-9-15-24/h3-17,22,28H,2,18-21H2,1H3. The molecule has 4 aromatic rings. The van der Waals surface area contributed by atoms with Crippen LogP contribution in [0.5, 0.6) is 11.8 Å². The highest BCUT2D eigenvalue weighted by Gasteiger charge is 2.25. The van der Waals surface area contributed by atoms with Crippen molar-refractivity contribution in [2.75, 3.05) is 19.8 Å². The molecule has 0 aliphatic heterocycles. The monoisotopic (exact) mass is 514 g/mol. The Labute approximate surface area is 222 Å². The average Bonchev–Trinajstić information content (AvgIpc) is 2.93. The first-order valence-electron chi connectivity index (χ1n) is 12.3. The highest BCUT2D eigenvalue weighted by Crippen LogP contribution is 2.36. The number of thioether (sulfide) groups is 1. The average molecular weight is 515 g/mol. The smallest absolute Gasteiger partial charge is 0.324 e. The van der Waals surface area contributed by atoms with Gasteiger partial charge in [0.05, 0.1) is 25.9 Å². The number of ether oxygens (including phenoxy) is 3. The van der Waals surface area contributed by atoms with Crippen LogP contribution in [-0.2, 0) is 22.4 Å². The molecular formula is C30H30N2O4S. The second-order valence-corrected chi connectivity index (χ2v) is 9.23. The summed E-state index contributed by atoms with van der Waals surface area (Å²) in [5.41, 5.74) is 3.17. The van der Waals surface area contributed by atoms with Crippen LogP contribution in [0.15, 0.2) is 102 Å². The van der Waals surface area contributed by atoms with Gasteiger partial charge in [0.2, 0.25) is 11.8 Å². The summed E-state index contributed by atoms with van der Waals surface area (Å²) in [6.07, 6.45) is 1.49. The first-order valence-corrected chi connectivity index (χ1v) is 13.2. The van der Waals surface area contributed by atoms with E-state index in [1.807, 2.05) is 66.7 Å². The zero-order valence-electron chi connectivity index (χ0n) is 20.8. The topological polar surface area (TPSA) is 70.5 Å². The number of benzene rings is 3. The summed E-state index contributed by atoms with van der Waals surface area (Å²) in [5.74, 6) is 0.460. The molecule has 37 heavy (non-hydrogen) atoms. The highest BCUT2D eigenvalue weighted by molar-refractivity contribution is 8.00. The molecule has 0 radical (unpaired) electrons. The maximum Gasteiger partial charge on any atom is 0.324 e. The van der Waals surface area contributed by atoms with E-state index in [9.17, 15) is 4.79 Å². The Kier molecular flexibility index (Phi) is 9.95. The number of esters is 1. The van der Waals surface area contributed by atoms with Crippen molar-refractivity contribution in [3.63, 3.8) is 0 Å². The van der Waals surface area contributed by atoms with Gasteiger partial charge >= 0.3 is 5.97 Å². The molecule has 1 heterocycles. The molecule has 190 valence electrons. The second kappa shape index (κ2) is 14.0.